The number of rotatable bonds is 4. The zero-order valence-corrected chi connectivity index (χ0v) is 12.6. The van der Waals surface area contributed by atoms with Crippen LogP contribution in [0.1, 0.15) is 50.2 Å². The Hall–Kier alpha value is -1.35. The highest BCUT2D eigenvalue weighted by molar-refractivity contribution is 5.86. The maximum Gasteiger partial charge on any atom is 0.240 e. The quantitative estimate of drug-likeness (QED) is 0.887. The van der Waals surface area contributed by atoms with E-state index in [0.717, 1.165) is 32.1 Å². The van der Waals surface area contributed by atoms with Gasteiger partial charge in [-0.1, -0.05) is 43.5 Å². The van der Waals surface area contributed by atoms with Gasteiger partial charge in [-0.3, -0.25) is 4.79 Å². The Morgan fingerprint density at radius 2 is 1.95 bits per heavy atom. The van der Waals surface area contributed by atoms with Crippen molar-refractivity contribution < 1.29 is 4.79 Å². The molecule has 0 heterocycles. The minimum Gasteiger partial charge on any atom is -0.352 e. The lowest BCUT2D eigenvalue weighted by Gasteiger charge is -2.33. The van der Waals surface area contributed by atoms with Gasteiger partial charge in [0.2, 0.25) is 5.91 Å². The number of amides is 1. The van der Waals surface area contributed by atoms with Crippen LogP contribution in [0.25, 0.3) is 0 Å². The Balaban J connectivity index is 1.92. The monoisotopic (exact) mass is 274 g/mol. The molecule has 1 aliphatic rings. The highest BCUT2D eigenvalue weighted by Gasteiger charge is 2.35. The summed E-state index contributed by atoms with van der Waals surface area (Å²) in [5.74, 6) is 0.0262. The first-order valence-electron chi connectivity index (χ1n) is 7.66. The molecule has 3 heteroatoms. The van der Waals surface area contributed by atoms with Crippen molar-refractivity contribution in [1.29, 1.82) is 0 Å². The normalized spacial score (nSPS) is 19.4. The van der Waals surface area contributed by atoms with Gasteiger partial charge in [-0.2, -0.15) is 0 Å². The summed E-state index contributed by atoms with van der Waals surface area (Å²) >= 11 is 0. The summed E-state index contributed by atoms with van der Waals surface area (Å²) in [6, 6.07) is 8.43. The molecule has 1 atom stereocenters. The van der Waals surface area contributed by atoms with Crippen LogP contribution in [0, 0.1) is 6.92 Å². The Labute approximate surface area is 121 Å². The van der Waals surface area contributed by atoms with E-state index in [4.69, 9.17) is 5.73 Å². The summed E-state index contributed by atoms with van der Waals surface area (Å²) in [7, 11) is 0. The van der Waals surface area contributed by atoms with Gasteiger partial charge in [-0.15, -0.1) is 0 Å². The molecule has 0 aromatic heterocycles. The zero-order valence-electron chi connectivity index (χ0n) is 12.6. The molecular weight excluding hydrogens is 248 g/mol. The van der Waals surface area contributed by atoms with E-state index in [1.54, 1.807) is 0 Å². The van der Waals surface area contributed by atoms with Crippen LogP contribution in [-0.4, -0.2) is 17.5 Å². The predicted molar refractivity (Wildman–Crippen MR) is 82.5 cm³/mol. The molecule has 20 heavy (non-hydrogen) atoms. The molecule has 1 fully saturated rings. The van der Waals surface area contributed by atoms with Gasteiger partial charge in [0.25, 0.3) is 0 Å². The summed E-state index contributed by atoms with van der Waals surface area (Å²) in [5.41, 5.74) is 8.18. The number of nitrogens with two attached hydrogens (primary N) is 1. The molecule has 1 aliphatic carbocycles. The molecule has 1 unspecified atom stereocenters. The van der Waals surface area contributed by atoms with Crippen molar-refractivity contribution in [1.82, 2.24) is 5.32 Å². The van der Waals surface area contributed by atoms with Gasteiger partial charge in [0.15, 0.2) is 0 Å². The zero-order chi connectivity index (χ0) is 14.6. The molecule has 1 aromatic rings. The second-order valence-electron chi connectivity index (χ2n) is 6.22. The van der Waals surface area contributed by atoms with E-state index in [1.165, 1.54) is 17.5 Å². The third kappa shape index (κ3) is 3.60. The molecule has 0 bridgehead atoms. The minimum absolute atomic E-state index is 0.0262. The third-order valence-electron chi connectivity index (χ3n) is 4.36. The largest absolute Gasteiger partial charge is 0.352 e. The molecule has 3 nitrogen and oxygen atoms in total. The maximum absolute atomic E-state index is 12.4. The number of nitrogens with one attached hydrogen (secondary N) is 1. The van der Waals surface area contributed by atoms with Crippen LogP contribution in [0.5, 0.6) is 0 Å². The number of carbonyl (C=O) groups excluding carboxylic acids is 1. The Bertz CT molecular complexity index is 464. The molecular formula is C17H26N2O. The van der Waals surface area contributed by atoms with E-state index in [0.29, 0.717) is 0 Å². The van der Waals surface area contributed by atoms with Gasteiger partial charge in [0.1, 0.15) is 0 Å². The Morgan fingerprint density at radius 3 is 2.60 bits per heavy atom. The smallest absolute Gasteiger partial charge is 0.240 e. The van der Waals surface area contributed by atoms with E-state index in [9.17, 15) is 4.79 Å². The van der Waals surface area contributed by atoms with Crippen molar-refractivity contribution >= 4 is 5.91 Å². The number of hydrogen-bond donors (Lipinski definition) is 2. The van der Waals surface area contributed by atoms with Crippen molar-refractivity contribution in [2.24, 2.45) is 5.73 Å². The van der Waals surface area contributed by atoms with Crippen LogP contribution in [0.15, 0.2) is 24.3 Å². The van der Waals surface area contributed by atoms with Crippen LogP contribution in [-0.2, 0) is 11.2 Å². The van der Waals surface area contributed by atoms with Gasteiger partial charge >= 0.3 is 0 Å². The van der Waals surface area contributed by atoms with Gasteiger partial charge < -0.3 is 11.1 Å². The topological polar surface area (TPSA) is 55.1 Å². The second-order valence-corrected chi connectivity index (χ2v) is 6.22. The number of aryl methyl sites for hydroxylation is 1. The first-order valence-corrected chi connectivity index (χ1v) is 7.66. The van der Waals surface area contributed by atoms with E-state index in [2.05, 4.69) is 31.3 Å². The first kappa shape index (κ1) is 15.0. The van der Waals surface area contributed by atoms with E-state index in [1.807, 2.05) is 12.1 Å². The first-order chi connectivity index (χ1) is 9.51. The molecule has 0 aliphatic heterocycles. The van der Waals surface area contributed by atoms with Gasteiger partial charge in [-0.25, -0.2) is 0 Å². The molecule has 1 amide bonds. The molecule has 3 N–H and O–H groups in total. The van der Waals surface area contributed by atoms with Crippen LogP contribution >= 0.6 is 0 Å². The van der Waals surface area contributed by atoms with Crippen molar-refractivity contribution in [3.63, 3.8) is 0 Å². The molecule has 2 rings (SSSR count). The fourth-order valence-electron chi connectivity index (χ4n) is 3.00. The predicted octanol–water partition coefficient (Wildman–Crippen LogP) is 2.70. The highest BCUT2D eigenvalue weighted by atomic mass is 16.2. The summed E-state index contributed by atoms with van der Waals surface area (Å²) in [6.45, 7) is 4.16. The van der Waals surface area contributed by atoms with Crippen LogP contribution in [0.2, 0.25) is 0 Å². The average molecular weight is 274 g/mol. The van der Waals surface area contributed by atoms with Crippen molar-refractivity contribution in [3.05, 3.63) is 35.4 Å². The molecule has 0 saturated heterocycles. The number of hydrogen-bond acceptors (Lipinski definition) is 2. The lowest BCUT2D eigenvalue weighted by atomic mass is 9.81. The van der Waals surface area contributed by atoms with Crippen molar-refractivity contribution in [2.45, 2.75) is 64.0 Å². The number of carbonyl (C=O) groups is 1. The third-order valence-corrected chi connectivity index (χ3v) is 4.36. The summed E-state index contributed by atoms with van der Waals surface area (Å²) in [4.78, 5) is 12.4. The van der Waals surface area contributed by atoms with Gasteiger partial charge in [0, 0.05) is 6.04 Å². The Kier molecular flexibility index (Phi) is 4.81. The fraction of sp³-hybridized carbons (Fsp3) is 0.588. The maximum atomic E-state index is 12.4. The van der Waals surface area contributed by atoms with Gasteiger partial charge in [-0.05, 0) is 44.2 Å². The second kappa shape index (κ2) is 6.40. The fourth-order valence-corrected chi connectivity index (χ4v) is 3.00. The summed E-state index contributed by atoms with van der Waals surface area (Å²) < 4.78 is 0. The van der Waals surface area contributed by atoms with Crippen LogP contribution in [0.4, 0.5) is 0 Å². The summed E-state index contributed by atoms with van der Waals surface area (Å²) in [6.07, 6.45) is 5.82. The number of benzene rings is 1. The van der Waals surface area contributed by atoms with Crippen molar-refractivity contribution in [3.8, 4) is 0 Å². The van der Waals surface area contributed by atoms with Gasteiger partial charge in [0.05, 0.1) is 5.54 Å². The van der Waals surface area contributed by atoms with Crippen molar-refractivity contribution in [2.75, 3.05) is 0 Å². The molecule has 1 aromatic carbocycles. The molecule has 110 valence electrons. The summed E-state index contributed by atoms with van der Waals surface area (Å²) in [5, 5.41) is 3.10. The van der Waals surface area contributed by atoms with Crippen LogP contribution < -0.4 is 11.1 Å². The van der Waals surface area contributed by atoms with E-state index < -0.39 is 5.54 Å². The lowest BCUT2D eigenvalue weighted by Crippen LogP contribution is -2.56. The standard InChI is InChI=1S/C17H26N2O/c1-13-8-4-5-9-15(13)12-14(2)19-16(20)17(18)10-6-3-7-11-17/h4-5,8-9,14H,3,6-7,10-12,18H2,1-2H3,(H,19,20). The van der Waals surface area contributed by atoms with Crippen LogP contribution in [0.3, 0.4) is 0 Å². The van der Waals surface area contributed by atoms with E-state index >= 15 is 0 Å². The molecule has 1 saturated carbocycles. The molecule has 0 radical (unpaired) electrons. The highest BCUT2D eigenvalue weighted by Crippen LogP contribution is 2.26. The lowest BCUT2D eigenvalue weighted by molar-refractivity contribution is -0.128. The van der Waals surface area contributed by atoms with E-state index in [-0.39, 0.29) is 11.9 Å². The average Bonchev–Trinajstić information content (AvgIpc) is 2.42. The molecule has 0 spiro atoms. The minimum atomic E-state index is -0.641. The Morgan fingerprint density at radius 1 is 1.30 bits per heavy atom. The SMILES string of the molecule is Cc1ccccc1CC(C)NC(=O)C1(N)CCCCC1.